The van der Waals surface area contributed by atoms with Crippen LogP contribution in [0.4, 0.5) is 5.69 Å². The number of nitrogens with zero attached hydrogens (tertiary/aromatic N) is 1. The zero-order valence-corrected chi connectivity index (χ0v) is 13.8. The van der Waals surface area contributed by atoms with Crippen molar-refractivity contribution in [3.8, 4) is 0 Å². The first-order valence-corrected chi connectivity index (χ1v) is 7.22. The maximum absolute atomic E-state index is 11.5. The summed E-state index contributed by atoms with van der Waals surface area (Å²) in [6.45, 7) is 2.05. The van der Waals surface area contributed by atoms with Gasteiger partial charge in [-0.15, -0.1) is 0 Å². The van der Waals surface area contributed by atoms with Gasteiger partial charge < -0.3 is 9.45 Å². The number of hydrogen-bond acceptors (Lipinski definition) is 4. The summed E-state index contributed by atoms with van der Waals surface area (Å²) in [6, 6.07) is 6.53. The summed E-state index contributed by atoms with van der Waals surface area (Å²) in [5.41, 5.74) is 1.19. The van der Waals surface area contributed by atoms with Gasteiger partial charge in [0.05, 0.1) is 5.25 Å². The molecular weight excluding hydrogens is 277 g/mol. The van der Waals surface area contributed by atoms with E-state index in [9.17, 15) is 17.8 Å². The van der Waals surface area contributed by atoms with Gasteiger partial charge >= 0.3 is 29.6 Å². The molecule has 0 aromatic heterocycles. The van der Waals surface area contributed by atoms with Crippen LogP contribution in [0.5, 0.6) is 0 Å². The molecule has 2 rings (SSSR count). The van der Waals surface area contributed by atoms with Crippen LogP contribution in [0, 0.1) is 0 Å². The molecule has 1 aliphatic rings. The predicted molar refractivity (Wildman–Crippen MR) is 66.1 cm³/mol. The van der Waals surface area contributed by atoms with E-state index < -0.39 is 15.4 Å². The molecule has 98 valence electrons. The maximum atomic E-state index is 11.5. The van der Waals surface area contributed by atoms with E-state index in [4.69, 9.17) is 0 Å². The zero-order valence-electron chi connectivity index (χ0n) is 11.0. The molecule has 0 bridgehead atoms. The molecule has 1 heterocycles. The standard InChI is InChI=1S/C12H15NO4S.Na/c1-9(18(15,16)17)10-4-6-11(7-5-10)13-8-2-3-12(13)14;/h4-7,9H,2-3,8H2,1H3,(H,15,16,17);/q;+1/p-1/t9-;/m1./s1. The molecule has 1 aromatic rings. The van der Waals surface area contributed by atoms with Gasteiger partial charge in [0.25, 0.3) is 0 Å². The number of anilines is 1. The van der Waals surface area contributed by atoms with E-state index in [0.717, 1.165) is 12.1 Å². The first-order valence-electron chi connectivity index (χ1n) is 5.74. The van der Waals surface area contributed by atoms with E-state index in [1.165, 1.54) is 6.92 Å². The normalized spacial score (nSPS) is 17.2. The molecule has 0 radical (unpaired) electrons. The molecule has 1 saturated heterocycles. The van der Waals surface area contributed by atoms with E-state index in [1.807, 2.05) is 0 Å². The average molecular weight is 291 g/mol. The van der Waals surface area contributed by atoms with Crippen molar-refractivity contribution in [2.24, 2.45) is 0 Å². The fourth-order valence-corrected chi connectivity index (χ4v) is 2.50. The molecule has 0 unspecified atom stereocenters. The Morgan fingerprint density at radius 3 is 2.26 bits per heavy atom. The Morgan fingerprint density at radius 1 is 1.26 bits per heavy atom. The van der Waals surface area contributed by atoms with Crippen LogP contribution in [0.1, 0.15) is 30.6 Å². The van der Waals surface area contributed by atoms with E-state index in [2.05, 4.69) is 0 Å². The third-order valence-corrected chi connectivity index (χ3v) is 4.32. The van der Waals surface area contributed by atoms with Crippen molar-refractivity contribution in [3.63, 3.8) is 0 Å². The molecule has 5 nitrogen and oxygen atoms in total. The minimum Gasteiger partial charge on any atom is -0.747 e. The topological polar surface area (TPSA) is 77.5 Å². The van der Waals surface area contributed by atoms with Gasteiger partial charge in [0.2, 0.25) is 5.91 Å². The van der Waals surface area contributed by atoms with Gasteiger partial charge in [0, 0.05) is 18.7 Å². The molecule has 7 heteroatoms. The summed E-state index contributed by atoms with van der Waals surface area (Å²) in [4.78, 5) is 13.2. The Balaban J connectivity index is 0.00000180. The minimum absolute atomic E-state index is 0. The first kappa shape index (κ1) is 16.7. The van der Waals surface area contributed by atoms with Gasteiger partial charge in [-0.2, -0.15) is 0 Å². The molecule has 1 atom stereocenters. The zero-order chi connectivity index (χ0) is 13.3. The Morgan fingerprint density at radius 2 is 1.84 bits per heavy atom. The third-order valence-electron chi connectivity index (χ3n) is 3.18. The molecule has 0 saturated carbocycles. The second-order valence-electron chi connectivity index (χ2n) is 4.38. The number of hydrogen-bond donors (Lipinski definition) is 0. The number of carbonyl (C=O) groups is 1. The Hall–Kier alpha value is -0.400. The van der Waals surface area contributed by atoms with E-state index >= 15 is 0 Å². The van der Waals surface area contributed by atoms with Crippen molar-refractivity contribution in [3.05, 3.63) is 29.8 Å². The molecule has 19 heavy (non-hydrogen) atoms. The van der Waals surface area contributed by atoms with Crippen molar-refractivity contribution in [1.29, 1.82) is 0 Å². The van der Waals surface area contributed by atoms with E-state index in [-0.39, 0.29) is 35.5 Å². The van der Waals surface area contributed by atoms with Crippen molar-refractivity contribution >= 4 is 21.7 Å². The first-order chi connectivity index (χ1) is 8.39. The van der Waals surface area contributed by atoms with Crippen molar-refractivity contribution in [1.82, 2.24) is 0 Å². The van der Waals surface area contributed by atoms with Crippen LogP contribution >= 0.6 is 0 Å². The summed E-state index contributed by atoms with van der Waals surface area (Å²) in [5, 5.41) is -1.07. The largest absolute Gasteiger partial charge is 1.00 e. The quantitative estimate of drug-likeness (QED) is 0.498. The molecular formula is C12H14NNaO4S. The fraction of sp³-hybridized carbons (Fsp3) is 0.417. The Kier molecular flexibility index (Phi) is 5.58. The summed E-state index contributed by atoms with van der Waals surface area (Å²) in [7, 11) is -4.33. The molecule has 1 fully saturated rings. The van der Waals surface area contributed by atoms with Crippen molar-refractivity contribution < 1.29 is 47.3 Å². The van der Waals surface area contributed by atoms with Gasteiger partial charge in [-0.1, -0.05) is 12.1 Å². The predicted octanol–water partition coefficient (Wildman–Crippen LogP) is -1.58. The van der Waals surface area contributed by atoms with Crippen LogP contribution in [0.3, 0.4) is 0 Å². The van der Waals surface area contributed by atoms with Crippen LogP contribution in [0.2, 0.25) is 0 Å². The summed E-state index contributed by atoms with van der Waals surface area (Å²) < 4.78 is 32.7. The average Bonchev–Trinajstić information content (AvgIpc) is 2.73. The summed E-state index contributed by atoms with van der Waals surface area (Å²) >= 11 is 0. The number of carbonyl (C=O) groups excluding carboxylic acids is 1. The van der Waals surface area contributed by atoms with Crippen LogP contribution in [0.15, 0.2) is 24.3 Å². The number of amides is 1. The second-order valence-corrected chi connectivity index (χ2v) is 6.07. The minimum atomic E-state index is -4.33. The Bertz CT molecular complexity index is 556. The maximum Gasteiger partial charge on any atom is 1.00 e. The SMILES string of the molecule is C[C@H](c1ccc(N2CCCC2=O)cc1)S(=O)(=O)[O-].[Na+]. The van der Waals surface area contributed by atoms with E-state index in [1.54, 1.807) is 29.2 Å². The second kappa shape index (κ2) is 6.37. The molecule has 0 aliphatic carbocycles. The van der Waals surface area contributed by atoms with Gasteiger partial charge in [-0.3, -0.25) is 4.79 Å². The smallest absolute Gasteiger partial charge is 0.747 e. The number of benzene rings is 1. The van der Waals surface area contributed by atoms with Gasteiger partial charge in [-0.25, -0.2) is 8.42 Å². The third kappa shape index (κ3) is 3.79. The molecule has 1 aromatic carbocycles. The van der Waals surface area contributed by atoms with Crippen LogP contribution < -0.4 is 34.5 Å². The fourth-order valence-electron chi connectivity index (χ4n) is 2.01. The van der Waals surface area contributed by atoms with Crippen molar-refractivity contribution in [2.75, 3.05) is 11.4 Å². The van der Waals surface area contributed by atoms with Crippen LogP contribution in [-0.2, 0) is 14.9 Å². The summed E-state index contributed by atoms with van der Waals surface area (Å²) in [6.07, 6.45) is 1.39. The van der Waals surface area contributed by atoms with Crippen LogP contribution in [0.25, 0.3) is 0 Å². The molecule has 0 spiro atoms. The van der Waals surface area contributed by atoms with Crippen molar-refractivity contribution in [2.45, 2.75) is 25.0 Å². The number of rotatable bonds is 3. The molecule has 1 amide bonds. The van der Waals surface area contributed by atoms with Gasteiger partial charge in [0.1, 0.15) is 10.1 Å². The van der Waals surface area contributed by atoms with Gasteiger partial charge in [0.15, 0.2) is 0 Å². The molecule has 1 aliphatic heterocycles. The monoisotopic (exact) mass is 291 g/mol. The van der Waals surface area contributed by atoms with E-state index in [0.29, 0.717) is 18.5 Å². The Labute approximate surface area is 135 Å². The van der Waals surface area contributed by atoms with Gasteiger partial charge in [-0.05, 0) is 31.0 Å². The summed E-state index contributed by atoms with van der Waals surface area (Å²) in [5.74, 6) is 0.0762. The van der Waals surface area contributed by atoms with Crippen LogP contribution in [-0.4, -0.2) is 25.4 Å². The molecule has 0 N–H and O–H groups in total.